The minimum Gasteiger partial charge on any atom is -0.506 e. The van der Waals surface area contributed by atoms with Gasteiger partial charge in [-0.25, -0.2) is 0 Å². The minimum absolute atomic E-state index is 0.110. The smallest absolute Gasteiger partial charge is 0.219 e. The van der Waals surface area contributed by atoms with E-state index >= 15 is 0 Å². The van der Waals surface area contributed by atoms with Crippen LogP contribution in [0.1, 0.15) is 6.42 Å². The van der Waals surface area contributed by atoms with Crippen LogP contribution in [-0.2, 0) is 18.9 Å². The molecule has 0 bridgehead atoms. The van der Waals surface area contributed by atoms with Gasteiger partial charge >= 0.3 is 0 Å². The molecule has 1 aliphatic carbocycles. The van der Waals surface area contributed by atoms with Crippen LogP contribution >= 0.6 is 0 Å². The lowest BCUT2D eigenvalue weighted by Gasteiger charge is -2.47. The number of ether oxygens (including phenoxy) is 4. The highest BCUT2D eigenvalue weighted by Crippen LogP contribution is 2.31. The summed E-state index contributed by atoms with van der Waals surface area (Å²) in [5.74, 6) is -0.625. The Labute approximate surface area is 189 Å². The Balaban J connectivity index is 1.75. The molecule has 0 aromatic carbocycles. The quantitative estimate of drug-likeness (QED) is 0.168. The molecule has 3 rings (SSSR count). The van der Waals surface area contributed by atoms with Gasteiger partial charge in [-0.3, -0.25) is 0 Å². The summed E-state index contributed by atoms with van der Waals surface area (Å²) in [6.45, 7) is -0.733. The summed E-state index contributed by atoms with van der Waals surface area (Å²) in [7, 11) is 0. The highest BCUT2D eigenvalue weighted by molar-refractivity contribution is 5.16. The van der Waals surface area contributed by atoms with E-state index in [0.717, 1.165) is 0 Å². The molecule has 15 nitrogen and oxygen atoms in total. The summed E-state index contributed by atoms with van der Waals surface area (Å²) in [6.07, 6.45) is -12.8. The highest BCUT2D eigenvalue weighted by Gasteiger charge is 2.50. The molecule has 0 amide bonds. The van der Waals surface area contributed by atoms with Crippen LogP contribution in [0, 0.1) is 0 Å². The first kappa shape index (κ1) is 26.4. The van der Waals surface area contributed by atoms with E-state index in [1.807, 2.05) is 0 Å². The Morgan fingerprint density at radius 3 is 2.06 bits per heavy atom. The molecule has 2 heterocycles. The van der Waals surface area contributed by atoms with Gasteiger partial charge in [0.1, 0.15) is 48.8 Å². The van der Waals surface area contributed by atoms with E-state index < -0.39 is 91.9 Å². The lowest BCUT2D eigenvalue weighted by atomic mass is 9.84. The van der Waals surface area contributed by atoms with Crippen LogP contribution in [0.25, 0.3) is 0 Å². The number of nitrogens with two attached hydrogens (primary N) is 5. The van der Waals surface area contributed by atoms with Gasteiger partial charge in [-0.05, 0) is 6.42 Å². The van der Waals surface area contributed by atoms with E-state index in [1.54, 1.807) is 0 Å². The molecule has 8 unspecified atom stereocenters. The maximum Gasteiger partial charge on any atom is 0.219 e. The molecular formula is C18H35N5O10. The minimum atomic E-state index is -1.53. The molecule has 3 aliphatic rings. The lowest BCUT2D eigenvalue weighted by Crippen LogP contribution is -2.68. The maximum absolute atomic E-state index is 11.0. The van der Waals surface area contributed by atoms with Gasteiger partial charge < -0.3 is 78.3 Å². The molecule has 1 saturated carbocycles. The fourth-order valence-electron chi connectivity index (χ4n) is 4.23. The van der Waals surface area contributed by atoms with Crippen LogP contribution in [0.4, 0.5) is 0 Å². The molecule has 192 valence electrons. The van der Waals surface area contributed by atoms with Crippen molar-refractivity contribution in [2.24, 2.45) is 28.7 Å². The number of aliphatic hydroxyl groups excluding tert-OH is 6. The SMILES string of the molecule is NCC1O[C@H](OC2C(N)CC(N)[C@@H](OC3OC(CO)[C@H](O)C(N)=C3O)C2O)[C@@H](N)C(O)[C@@H]1O. The van der Waals surface area contributed by atoms with Gasteiger partial charge in [-0.15, -0.1) is 0 Å². The molecule has 1 saturated heterocycles. The largest absolute Gasteiger partial charge is 0.506 e. The third-order valence-corrected chi connectivity index (χ3v) is 6.28. The molecule has 13 atom stereocenters. The Kier molecular flexibility index (Phi) is 8.50. The monoisotopic (exact) mass is 481 g/mol. The zero-order valence-electron chi connectivity index (χ0n) is 17.8. The topological polar surface area (TPSA) is 288 Å². The van der Waals surface area contributed by atoms with Gasteiger partial charge in [-0.1, -0.05) is 0 Å². The van der Waals surface area contributed by atoms with Crippen molar-refractivity contribution < 1.29 is 49.6 Å². The first-order valence-corrected chi connectivity index (χ1v) is 10.6. The third-order valence-electron chi connectivity index (χ3n) is 6.28. The molecular weight excluding hydrogens is 446 g/mol. The molecule has 0 aromatic heterocycles. The fourth-order valence-corrected chi connectivity index (χ4v) is 4.23. The van der Waals surface area contributed by atoms with Gasteiger partial charge in [0.2, 0.25) is 6.29 Å². The average molecular weight is 482 g/mol. The molecule has 16 N–H and O–H groups in total. The molecule has 2 aliphatic heterocycles. The van der Waals surface area contributed by atoms with Crippen molar-refractivity contribution >= 4 is 0 Å². The standard InChI is InChI=1S/C18H35N5O10/c19-2-6-11(26)12(27)9(23)17(30-6)32-15-4(20)1-5(21)16(14(15)29)33-18-13(28)8(22)10(25)7(3-24)31-18/h4-7,9-12,14-18,24-29H,1-3,19-23H2/t4?,5?,6?,7?,9-,10-,11+,12?,14?,15?,16+,17+,18?/m0/s1. The molecule has 0 aromatic rings. The van der Waals surface area contributed by atoms with Gasteiger partial charge in [0.15, 0.2) is 12.0 Å². The predicted octanol–water partition coefficient (Wildman–Crippen LogP) is -6.28. The molecule has 33 heavy (non-hydrogen) atoms. The summed E-state index contributed by atoms with van der Waals surface area (Å²) < 4.78 is 22.4. The average Bonchev–Trinajstić information content (AvgIpc) is 2.79. The summed E-state index contributed by atoms with van der Waals surface area (Å²) >= 11 is 0. The number of rotatable bonds is 6. The van der Waals surface area contributed by atoms with E-state index in [2.05, 4.69) is 0 Å². The van der Waals surface area contributed by atoms with Gasteiger partial charge in [-0.2, -0.15) is 0 Å². The first-order valence-electron chi connectivity index (χ1n) is 10.6. The Hall–Kier alpha value is -1.18. The summed E-state index contributed by atoms with van der Waals surface area (Å²) in [4.78, 5) is 0. The van der Waals surface area contributed by atoms with Crippen molar-refractivity contribution in [1.82, 2.24) is 0 Å². The number of hydrogen-bond acceptors (Lipinski definition) is 15. The van der Waals surface area contributed by atoms with Crippen LogP contribution in [0.2, 0.25) is 0 Å². The van der Waals surface area contributed by atoms with E-state index in [4.69, 9.17) is 47.6 Å². The second kappa shape index (κ2) is 10.6. The van der Waals surface area contributed by atoms with Crippen molar-refractivity contribution in [3.8, 4) is 0 Å². The second-order valence-electron chi connectivity index (χ2n) is 8.57. The predicted molar refractivity (Wildman–Crippen MR) is 110 cm³/mol. The molecule has 2 fully saturated rings. The van der Waals surface area contributed by atoms with Crippen molar-refractivity contribution in [1.29, 1.82) is 0 Å². The molecule has 15 heteroatoms. The summed E-state index contributed by atoms with van der Waals surface area (Å²) in [6, 6.07) is -2.78. The Bertz CT molecular complexity index is 702. The van der Waals surface area contributed by atoms with Crippen molar-refractivity contribution in [2.45, 2.75) is 86.0 Å². The van der Waals surface area contributed by atoms with Crippen LogP contribution in [0.5, 0.6) is 0 Å². The molecule has 0 radical (unpaired) electrons. The van der Waals surface area contributed by atoms with E-state index in [-0.39, 0.29) is 18.7 Å². The zero-order chi connectivity index (χ0) is 24.6. The van der Waals surface area contributed by atoms with Gasteiger partial charge in [0, 0.05) is 18.6 Å². The fraction of sp³-hybridized carbons (Fsp3) is 0.889. The third kappa shape index (κ3) is 5.10. The summed E-state index contributed by atoms with van der Waals surface area (Å²) in [5.41, 5.74) is 29.1. The number of aliphatic hydroxyl groups is 6. The van der Waals surface area contributed by atoms with Crippen LogP contribution in [0.3, 0.4) is 0 Å². The lowest BCUT2D eigenvalue weighted by molar-refractivity contribution is -0.298. The zero-order valence-corrected chi connectivity index (χ0v) is 17.8. The van der Waals surface area contributed by atoms with Crippen LogP contribution in [0.15, 0.2) is 11.5 Å². The molecule has 0 spiro atoms. The highest BCUT2D eigenvalue weighted by atomic mass is 16.7. The van der Waals surface area contributed by atoms with Gasteiger partial charge in [0.25, 0.3) is 0 Å². The van der Waals surface area contributed by atoms with Crippen molar-refractivity contribution in [3.05, 3.63) is 11.5 Å². The van der Waals surface area contributed by atoms with E-state index in [1.165, 1.54) is 0 Å². The number of hydrogen-bond donors (Lipinski definition) is 11. The Morgan fingerprint density at radius 1 is 0.879 bits per heavy atom. The van der Waals surface area contributed by atoms with Crippen molar-refractivity contribution in [3.63, 3.8) is 0 Å². The van der Waals surface area contributed by atoms with Crippen molar-refractivity contribution in [2.75, 3.05) is 13.2 Å². The second-order valence-corrected chi connectivity index (χ2v) is 8.57. The maximum atomic E-state index is 11.0. The van der Waals surface area contributed by atoms with Crippen LogP contribution in [-0.4, -0.2) is 123 Å². The van der Waals surface area contributed by atoms with Crippen LogP contribution < -0.4 is 28.7 Å². The van der Waals surface area contributed by atoms with Gasteiger partial charge in [0.05, 0.1) is 18.3 Å². The summed E-state index contributed by atoms with van der Waals surface area (Å²) in [5, 5.41) is 60.7. The van der Waals surface area contributed by atoms with E-state index in [9.17, 15) is 30.6 Å². The normalized spacial score (nSPS) is 49.3. The Morgan fingerprint density at radius 2 is 1.48 bits per heavy atom. The van der Waals surface area contributed by atoms with E-state index in [0.29, 0.717) is 0 Å². The first-order chi connectivity index (χ1) is 15.5.